The molecule has 2 heterocycles. The molecule has 0 atom stereocenters. The van der Waals surface area contributed by atoms with Crippen molar-refractivity contribution in [3.05, 3.63) is 28.2 Å². The second kappa shape index (κ2) is 9.43. The number of hydrogen-bond acceptors (Lipinski definition) is 4. The highest BCUT2D eigenvalue weighted by Gasteiger charge is 2.60. The van der Waals surface area contributed by atoms with Crippen molar-refractivity contribution in [2.24, 2.45) is 0 Å². The maximum Gasteiger partial charge on any atom is 0.434 e. The Morgan fingerprint density at radius 2 is 1.55 bits per heavy atom. The fraction of sp³-hybridized carbons (Fsp3) is 0.632. The summed E-state index contributed by atoms with van der Waals surface area (Å²) in [4.78, 5) is 17.1. The summed E-state index contributed by atoms with van der Waals surface area (Å²) in [6.07, 6.45) is -14.9. The van der Waals surface area contributed by atoms with Crippen LogP contribution in [0.25, 0.3) is 0 Å². The van der Waals surface area contributed by atoms with Crippen LogP contribution in [0.5, 0.6) is 0 Å². The van der Waals surface area contributed by atoms with Crippen molar-refractivity contribution in [2.45, 2.75) is 37.8 Å². The molecule has 0 N–H and O–H groups in total. The number of nitrogens with zero attached hydrogens (tertiary/aromatic N) is 3. The predicted molar refractivity (Wildman–Crippen MR) is 105 cm³/mol. The third-order valence-electron chi connectivity index (χ3n) is 5.33. The highest BCUT2D eigenvalue weighted by atomic mass is 79.9. The minimum atomic E-state index is -5.72. The molecule has 0 bridgehead atoms. The SMILES string of the molecule is O=C(OC(C(F)(F)F)C(F)(F)F)N1CCN(Cc2ccc(Br)cc2N2CCCC2)CC1. The molecule has 0 aromatic heterocycles. The van der Waals surface area contributed by atoms with Crippen molar-refractivity contribution in [1.82, 2.24) is 9.80 Å². The third kappa shape index (κ3) is 6.18. The fourth-order valence-electron chi connectivity index (χ4n) is 3.75. The van der Waals surface area contributed by atoms with Gasteiger partial charge in [-0.2, -0.15) is 26.3 Å². The topological polar surface area (TPSA) is 36.0 Å². The normalized spacial score (nSPS) is 18.7. The van der Waals surface area contributed by atoms with E-state index in [-0.39, 0.29) is 13.1 Å². The molecule has 1 aromatic rings. The van der Waals surface area contributed by atoms with Crippen molar-refractivity contribution in [3.8, 4) is 0 Å². The Kier molecular flexibility index (Phi) is 7.29. The Labute approximate surface area is 184 Å². The van der Waals surface area contributed by atoms with Crippen LogP contribution in [0.4, 0.5) is 36.8 Å². The molecule has 5 nitrogen and oxygen atoms in total. The van der Waals surface area contributed by atoms with Gasteiger partial charge in [-0.05, 0) is 30.5 Å². The molecule has 0 aliphatic carbocycles. The molecule has 1 amide bonds. The van der Waals surface area contributed by atoms with Gasteiger partial charge in [-0.15, -0.1) is 0 Å². The number of carbonyl (C=O) groups is 1. The van der Waals surface area contributed by atoms with E-state index in [2.05, 4.69) is 25.6 Å². The van der Waals surface area contributed by atoms with Gasteiger partial charge in [0.1, 0.15) is 0 Å². The highest BCUT2D eigenvalue weighted by Crippen LogP contribution is 2.36. The predicted octanol–water partition coefficient (Wildman–Crippen LogP) is 4.80. The van der Waals surface area contributed by atoms with E-state index in [1.54, 1.807) is 0 Å². The Balaban J connectivity index is 1.58. The molecular formula is C19H22BrF6N3O2. The minimum absolute atomic E-state index is 0.0170. The van der Waals surface area contributed by atoms with Gasteiger partial charge in [0, 0.05) is 56.0 Å². The lowest BCUT2D eigenvalue weighted by atomic mass is 10.1. The molecule has 0 unspecified atom stereocenters. The van der Waals surface area contributed by atoms with Gasteiger partial charge in [-0.25, -0.2) is 4.79 Å². The first-order valence-electron chi connectivity index (χ1n) is 9.80. The van der Waals surface area contributed by atoms with Gasteiger partial charge >= 0.3 is 18.4 Å². The monoisotopic (exact) mass is 517 g/mol. The van der Waals surface area contributed by atoms with E-state index in [1.165, 1.54) is 0 Å². The molecule has 174 valence electrons. The Bertz CT molecular complexity index is 761. The van der Waals surface area contributed by atoms with E-state index in [9.17, 15) is 31.1 Å². The molecule has 31 heavy (non-hydrogen) atoms. The quantitative estimate of drug-likeness (QED) is 0.537. The molecule has 2 fully saturated rings. The molecule has 12 heteroatoms. The second-order valence-corrected chi connectivity index (χ2v) is 8.49. The standard InChI is InChI=1S/C19H22BrF6N3O2/c20-14-4-3-13(15(11-14)28-5-1-2-6-28)12-27-7-9-29(10-8-27)17(30)31-16(18(21,22)23)19(24,25)26/h3-4,11,16H,1-2,5-10,12H2. The van der Waals surface area contributed by atoms with E-state index < -0.39 is 24.5 Å². The fourth-order valence-corrected chi connectivity index (χ4v) is 4.10. The molecule has 0 saturated carbocycles. The lowest BCUT2D eigenvalue weighted by Crippen LogP contribution is -2.52. The molecule has 0 radical (unpaired) electrons. The average Bonchev–Trinajstić information content (AvgIpc) is 3.20. The summed E-state index contributed by atoms with van der Waals surface area (Å²) in [7, 11) is 0. The van der Waals surface area contributed by atoms with Gasteiger partial charge in [0.25, 0.3) is 6.10 Å². The number of anilines is 1. The molecule has 3 rings (SSSR count). The maximum atomic E-state index is 12.6. The van der Waals surface area contributed by atoms with Gasteiger partial charge < -0.3 is 14.5 Å². The number of halogens is 7. The van der Waals surface area contributed by atoms with Gasteiger partial charge in [0.05, 0.1) is 0 Å². The molecule has 2 saturated heterocycles. The van der Waals surface area contributed by atoms with Crippen LogP contribution in [0, 0.1) is 0 Å². The minimum Gasteiger partial charge on any atom is -0.426 e. The maximum absolute atomic E-state index is 12.6. The number of piperazine rings is 1. The van der Waals surface area contributed by atoms with Crippen LogP contribution in [-0.4, -0.2) is 73.6 Å². The van der Waals surface area contributed by atoms with Crippen molar-refractivity contribution in [2.75, 3.05) is 44.2 Å². The van der Waals surface area contributed by atoms with Crippen LogP contribution < -0.4 is 4.90 Å². The zero-order valence-electron chi connectivity index (χ0n) is 16.5. The van der Waals surface area contributed by atoms with Crippen LogP contribution in [0.3, 0.4) is 0 Å². The van der Waals surface area contributed by atoms with Crippen molar-refractivity contribution in [3.63, 3.8) is 0 Å². The number of rotatable bonds is 4. The van der Waals surface area contributed by atoms with Gasteiger partial charge in [-0.1, -0.05) is 22.0 Å². The lowest BCUT2D eigenvalue weighted by molar-refractivity contribution is -0.308. The van der Waals surface area contributed by atoms with Gasteiger partial charge in [0.15, 0.2) is 0 Å². The smallest absolute Gasteiger partial charge is 0.426 e. The summed E-state index contributed by atoms with van der Waals surface area (Å²) in [6, 6.07) is 5.97. The zero-order valence-corrected chi connectivity index (χ0v) is 18.1. The highest BCUT2D eigenvalue weighted by molar-refractivity contribution is 9.10. The van der Waals surface area contributed by atoms with Crippen LogP contribution in [-0.2, 0) is 11.3 Å². The Morgan fingerprint density at radius 1 is 0.968 bits per heavy atom. The largest absolute Gasteiger partial charge is 0.434 e. The van der Waals surface area contributed by atoms with E-state index in [1.807, 2.05) is 23.1 Å². The summed E-state index contributed by atoms with van der Waals surface area (Å²) in [5, 5.41) is 0. The lowest BCUT2D eigenvalue weighted by Gasteiger charge is -2.36. The molecule has 2 aliphatic heterocycles. The second-order valence-electron chi connectivity index (χ2n) is 7.58. The molecule has 1 aromatic carbocycles. The van der Waals surface area contributed by atoms with E-state index in [0.717, 1.165) is 46.6 Å². The van der Waals surface area contributed by atoms with E-state index in [0.29, 0.717) is 19.6 Å². The first-order valence-corrected chi connectivity index (χ1v) is 10.6. The summed E-state index contributed by atoms with van der Waals surface area (Å²) < 4.78 is 80.4. The average molecular weight is 518 g/mol. The molecular weight excluding hydrogens is 496 g/mol. The van der Waals surface area contributed by atoms with Crippen LogP contribution in [0.2, 0.25) is 0 Å². The van der Waals surface area contributed by atoms with Gasteiger partial charge in [-0.3, -0.25) is 4.90 Å². The Hall–Kier alpha value is -1.69. The number of ether oxygens (including phenoxy) is 1. The number of alkyl halides is 6. The third-order valence-corrected chi connectivity index (χ3v) is 5.83. The van der Waals surface area contributed by atoms with Gasteiger partial charge in [0.2, 0.25) is 0 Å². The first-order chi connectivity index (χ1) is 14.4. The molecule has 2 aliphatic rings. The van der Waals surface area contributed by atoms with Crippen LogP contribution >= 0.6 is 15.9 Å². The van der Waals surface area contributed by atoms with Crippen molar-refractivity contribution < 1.29 is 35.9 Å². The van der Waals surface area contributed by atoms with Crippen LogP contribution in [0.15, 0.2) is 22.7 Å². The summed E-state index contributed by atoms with van der Waals surface area (Å²) >= 11 is 3.48. The number of amides is 1. The van der Waals surface area contributed by atoms with E-state index >= 15 is 0 Å². The first kappa shape index (κ1) is 24.0. The Morgan fingerprint density at radius 3 is 2.10 bits per heavy atom. The number of carbonyl (C=O) groups excluding carboxylic acids is 1. The van der Waals surface area contributed by atoms with E-state index in [4.69, 9.17) is 0 Å². The van der Waals surface area contributed by atoms with Crippen LogP contribution in [0.1, 0.15) is 18.4 Å². The summed E-state index contributed by atoms with van der Waals surface area (Å²) in [5.41, 5.74) is 2.18. The number of benzene rings is 1. The molecule has 0 spiro atoms. The number of hydrogen-bond donors (Lipinski definition) is 0. The van der Waals surface area contributed by atoms with Crippen molar-refractivity contribution in [1.29, 1.82) is 0 Å². The summed E-state index contributed by atoms with van der Waals surface area (Å²) in [5.74, 6) is 0. The summed E-state index contributed by atoms with van der Waals surface area (Å²) in [6.45, 7) is 3.08. The zero-order chi connectivity index (χ0) is 22.8. The van der Waals surface area contributed by atoms with Crippen molar-refractivity contribution >= 4 is 27.7 Å².